The topological polar surface area (TPSA) is 99.5 Å². The zero-order valence-electron chi connectivity index (χ0n) is 16.7. The molecule has 1 heterocycles. The normalized spacial score (nSPS) is 10.5. The summed E-state index contributed by atoms with van der Waals surface area (Å²) in [6, 6.07) is 7.24. The number of carbonyl (C=O) groups excluding carboxylic acids is 3. The maximum absolute atomic E-state index is 12.4. The van der Waals surface area contributed by atoms with Gasteiger partial charge in [-0.1, -0.05) is 41.4 Å². The minimum absolute atomic E-state index is 0.0961. The number of hydrogen-bond donors (Lipinski definition) is 1. The number of esters is 2. The van der Waals surface area contributed by atoms with Crippen molar-refractivity contribution in [2.45, 2.75) is 33.2 Å². The highest BCUT2D eigenvalue weighted by atomic mass is 35.5. The van der Waals surface area contributed by atoms with Gasteiger partial charge >= 0.3 is 11.9 Å². The molecule has 0 aliphatic heterocycles. The molecule has 0 fully saturated rings. The van der Waals surface area contributed by atoms with E-state index < -0.39 is 18.5 Å². The molecule has 1 N–H and O–H groups in total. The summed E-state index contributed by atoms with van der Waals surface area (Å²) in [5.41, 5.74) is 1.27. The second-order valence-corrected chi connectivity index (χ2v) is 7.10. The van der Waals surface area contributed by atoms with Gasteiger partial charge in [0.2, 0.25) is 0 Å². The van der Waals surface area contributed by atoms with Crippen molar-refractivity contribution in [2.75, 3.05) is 19.8 Å². The summed E-state index contributed by atoms with van der Waals surface area (Å²) in [5, 5.41) is 7.50. The van der Waals surface area contributed by atoms with Crippen LogP contribution in [-0.4, -0.2) is 47.4 Å². The van der Waals surface area contributed by atoms with Gasteiger partial charge < -0.3 is 14.8 Å². The fourth-order valence-electron chi connectivity index (χ4n) is 2.63. The predicted molar refractivity (Wildman–Crippen MR) is 112 cm³/mol. The largest absolute Gasteiger partial charge is 0.466 e. The predicted octanol–water partition coefficient (Wildman–Crippen LogP) is 3.16. The summed E-state index contributed by atoms with van der Waals surface area (Å²) in [5.74, 6) is -1.55. The number of amides is 1. The van der Waals surface area contributed by atoms with Gasteiger partial charge in [0.25, 0.3) is 5.91 Å². The fraction of sp³-hybridized carbons (Fsp3) is 0.400. The highest BCUT2D eigenvalue weighted by Gasteiger charge is 2.22. The van der Waals surface area contributed by atoms with Gasteiger partial charge in [-0.3, -0.25) is 9.59 Å². The van der Waals surface area contributed by atoms with E-state index in [9.17, 15) is 14.4 Å². The van der Waals surface area contributed by atoms with Gasteiger partial charge in [-0.15, -0.1) is 0 Å². The van der Waals surface area contributed by atoms with Crippen molar-refractivity contribution >= 4 is 41.0 Å². The Bertz CT molecular complexity index is 914. The van der Waals surface area contributed by atoms with E-state index in [-0.39, 0.29) is 36.2 Å². The van der Waals surface area contributed by atoms with Gasteiger partial charge in [0.1, 0.15) is 10.7 Å². The molecule has 1 aromatic heterocycles. The van der Waals surface area contributed by atoms with Crippen molar-refractivity contribution in [1.29, 1.82) is 0 Å². The van der Waals surface area contributed by atoms with E-state index in [1.165, 1.54) is 4.68 Å². The van der Waals surface area contributed by atoms with E-state index in [1.54, 1.807) is 19.9 Å². The molecule has 0 aliphatic carbocycles. The van der Waals surface area contributed by atoms with Gasteiger partial charge in [0, 0.05) is 18.0 Å². The first kappa shape index (κ1) is 23.7. The third-order valence-electron chi connectivity index (χ3n) is 4.07. The number of halogens is 2. The van der Waals surface area contributed by atoms with Gasteiger partial charge in [-0.2, -0.15) is 5.10 Å². The first-order valence-electron chi connectivity index (χ1n) is 9.39. The number of rotatable bonds is 10. The second-order valence-electron chi connectivity index (χ2n) is 6.33. The molecule has 162 valence electrons. The summed E-state index contributed by atoms with van der Waals surface area (Å²) < 4.78 is 11.3. The number of nitrogens with one attached hydrogen (secondary N) is 1. The van der Waals surface area contributed by atoms with E-state index in [1.807, 2.05) is 18.2 Å². The third kappa shape index (κ3) is 6.74. The van der Waals surface area contributed by atoms with Crippen molar-refractivity contribution in [3.05, 3.63) is 51.3 Å². The van der Waals surface area contributed by atoms with Crippen LogP contribution in [0, 0.1) is 6.92 Å². The van der Waals surface area contributed by atoms with Crippen molar-refractivity contribution in [3.63, 3.8) is 0 Å². The van der Waals surface area contributed by atoms with Crippen LogP contribution in [0.1, 0.15) is 41.4 Å². The van der Waals surface area contributed by atoms with Crippen LogP contribution in [0.5, 0.6) is 0 Å². The van der Waals surface area contributed by atoms with Crippen LogP contribution in [0.15, 0.2) is 24.3 Å². The molecule has 0 bridgehead atoms. The Labute approximate surface area is 184 Å². The molecular formula is C20H23Cl2N3O5. The number of carbonyl (C=O) groups is 3. The molecule has 0 atom stereocenters. The minimum atomic E-state index is -0.746. The maximum atomic E-state index is 12.4. The average Bonchev–Trinajstić information content (AvgIpc) is 2.98. The van der Waals surface area contributed by atoms with Crippen LogP contribution >= 0.6 is 23.2 Å². The second kappa shape index (κ2) is 11.6. The monoisotopic (exact) mass is 455 g/mol. The van der Waals surface area contributed by atoms with E-state index in [4.69, 9.17) is 32.7 Å². The Kier molecular flexibility index (Phi) is 9.14. The maximum Gasteiger partial charge on any atom is 0.343 e. The Balaban J connectivity index is 1.87. The van der Waals surface area contributed by atoms with Gasteiger partial charge in [0.05, 0.1) is 18.8 Å². The first-order valence-corrected chi connectivity index (χ1v) is 10.1. The molecule has 30 heavy (non-hydrogen) atoms. The SMILES string of the molecule is CCOC(=O)CCCNC(=O)COC(=O)c1c(C)nn(Cc2ccccc2Cl)c1Cl. The number of nitrogens with zero attached hydrogens (tertiary/aromatic N) is 2. The van der Waals surface area contributed by atoms with Crippen molar-refractivity contribution in [2.24, 2.45) is 0 Å². The molecule has 2 rings (SSSR count). The highest BCUT2D eigenvalue weighted by molar-refractivity contribution is 6.33. The molecule has 2 aromatic rings. The lowest BCUT2D eigenvalue weighted by molar-refractivity contribution is -0.143. The van der Waals surface area contributed by atoms with Crippen LogP contribution < -0.4 is 5.32 Å². The van der Waals surface area contributed by atoms with Gasteiger partial charge in [-0.25, -0.2) is 9.48 Å². The molecule has 0 radical (unpaired) electrons. The van der Waals surface area contributed by atoms with Crippen molar-refractivity contribution in [1.82, 2.24) is 15.1 Å². The summed E-state index contributed by atoms with van der Waals surface area (Å²) >= 11 is 12.5. The number of benzene rings is 1. The van der Waals surface area contributed by atoms with Crippen LogP contribution in [0.2, 0.25) is 10.2 Å². The molecule has 0 saturated heterocycles. The van der Waals surface area contributed by atoms with E-state index in [0.29, 0.717) is 23.7 Å². The van der Waals surface area contributed by atoms with E-state index in [0.717, 1.165) is 5.56 Å². The zero-order chi connectivity index (χ0) is 22.1. The molecule has 1 aromatic carbocycles. The van der Waals surface area contributed by atoms with E-state index >= 15 is 0 Å². The lowest BCUT2D eigenvalue weighted by Gasteiger charge is -2.07. The summed E-state index contributed by atoms with van der Waals surface area (Å²) in [6.07, 6.45) is 0.631. The molecule has 0 aliphatic rings. The smallest absolute Gasteiger partial charge is 0.343 e. The Hall–Kier alpha value is -2.58. The number of hydrogen-bond acceptors (Lipinski definition) is 6. The lowest BCUT2D eigenvalue weighted by Crippen LogP contribution is -2.30. The molecule has 0 unspecified atom stereocenters. The summed E-state index contributed by atoms with van der Waals surface area (Å²) in [4.78, 5) is 35.4. The molecular weight excluding hydrogens is 433 g/mol. The molecule has 8 nitrogen and oxygen atoms in total. The van der Waals surface area contributed by atoms with Crippen molar-refractivity contribution in [3.8, 4) is 0 Å². The lowest BCUT2D eigenvalue weighted by atomic mass is 10.2. The van der Waals surface area contributed by atoms with Gasteiger partial charge in [-0.05, 0) is 31.9 Å². The standard InChI is InChI=1S/C20H23Cl2N3O5/c1-3-29-17(27)9-6-10-23-16(26)12-30-20(28)18-13(2)24-25(19(18)22)11-14-7-4-5-8-15(14)21/h4-5,7-8H,3,6,9-12H2,1-2H3,(H,23,26). The molecule has 0 saturated carbocycles. The van der Waals surface area contributed by atoms with Gasteiger partial charge in [0.15, 0.2) is 6.61 Å². The first-order chi connectivity index (χ1) is 14.3. The fourth-order valence-corrected chi connectivity index (χ4v) is 3.13. The minimum Gasteiger partial charge on any atom is -0.466 e. The molecule has 1 amide bonds. The highest BCUT2D eigenvalue weighted by Crippen LogP contribution is 2.24. The Morgan fingerprint density at radius 3 is 2.60 bits per heavy atom. The van der Waals surface area contributed by atoms with Crippen LogP contribution in [0.3, 0.4) is 0 Å². The van der Waals surface area contributed by atoms with Crippen LogP contribution in [-0.2, 0) is 25.6 Å². The summed E-state index contributed by atoms with van der Waals surface area (Å²) in [6.45, 7) is 3.75. The molecule has 0 spiro atoms. The number of ether oxygens (including phenoxy) is 2. The molecule has 10 heteroatoms. The zero-order valence-corrected chi connectivity index (χ0v) is 18.3. The van der Waals surface area contributed by atoms with Crippen LogP contribution in [0.4, 0.5) is 0 Å². The third-order valence-corrected chi connectivity index (χ3v) is 4.82. The quantitative estimate of drug-likeness (QED) is 0.436. The number of aromatic nitrogens is 2. The average molecular weight is 456 g/mol. The Morgan fingerprint density at radius 1 is 1.17 bits per heavy atom. The van der Waals surface area contributed by atoms with E-state index in [2.05, 4.69) is 10.4 Å². The Morgan fingerprint density at radius 2 is 1.90 bits per heavy atom. The van der Waals surface area contributed by atoms with Crippen LogP contribution in [0.25, 0.3) is 0 Å². The number of aryl methyl sites for hydroxylation is 1. The summed E-state index contributed by atoms with van der Waals surface area (Å²) in [7, 11) is 0. The van der Waals surface area contributed by atoms with Crippen molar-refractivity contribution < 1.29 is 23.9 Å².